The molecule has 0 radical (unpaired) electrons. The maximum atomic E-state index is 9.66. The molecule has 0 aromatic carbocycles. The molecular formula is C5H4Cl2O. The Hall–Kier alpha value is -0.270. The van der Waals surface area contributed by atoms with Crippen LogP contribution in [0.4, 0.5) is 0 Å². The van der Waals surface area contributed by atoms with Crippen LogP contribution in [0.15, 0.2) is 22.7 Å². The van der Waals surface area contributed by atoms with Gasteiger partial charge < -0.3 is 0 Å². The Morgan fingerprint density at radius 1 is 1.50 bits per heavy atom. The fraction of sp³-hybridized carbons (Fsp3) is 0. The number of hydrogen-bond donors (Lipinski definition) is 0. The van der Waals surface area contributed by atoms with Gasteiger partial charge in [0.15, 0.2) is 0 Å². The Kier molecular flexibility index (Phi) is 3.57. The van der Waals surface area contributed by atoms with Crippen LogP contribution in [0.2, 0.25) is 0 Å². The van der Waals surface area contributed by atoms with Crippen LogP contribution in [0.3, 0.4) is 0 Å². The molecule has 0 saturated heterocycles. The van der Waals surface area contributed by atoms with E-state index in [1.807, 2.05) is 0 Å². The van der Waals surface area contributed by atoms with Gasteiger partial charge in [-0.3, -0.25) is 4.79 Å². The molecule has 0 spiro atoms. The number of carbonyl (C=O) groups is 1. The van der Waals surface area contributed by atoms with E-state index in [1.165, 1.54) is 0 Å². The molecule has 0 amide bonds. The van der Waals surface area contributed by atoms with Crippen LogP contribution in [-0.2, 0) is 4.79 Å². The molecule has 0 fully saturated rings. The highest BCUT2D eigenvalue weighted by atomic mass is 35.5. The second-order valence-corrected chi connectivity index (χ2v) is 1.92. The van der Waals surface area contributed by atoms with Crippen molar-refractivity contribution in [3.8, 4) is 0 Å². The first-order valence-corrected chi connectivity index (χ1v) is 2.60. The lowest BCUT2D eigenvalue weighted by atomic mass is 10.5. The molecule has 0 unspecified atom stereocenters. The second kappa shape index (κ2) is 3.70. The zero-order valence-corrected chi connectivity index (χ0v) is 5.54. The van der Waals surface area contributed by atoms with Crippen LogP contribution in [0.5, 0.6) is 0 Å². The molecule has 0 N–H and O–H groups in total. The maximum absolute atomic E-state index is 9.66. The minimum absolute atomic E-state index is 0.179. The van der Waals surface area contributed by atoms with Crippen molar-refractivity contribution in [2.24, 2.45) is 0 Å². The zero-order chi connectivity index (χ0) is 6.57. The van der Waals surface area contributed by atoms with Crippen LogP contribution in [0.1, 0.15) is 0 Å². The van der Waals surface area contributed by atoms with E-state index in [4.69, 9.17) is 23.2 Å². The van der Waals surface area contributed by atoms with E-state index < -0.39 is 0 Å². The van der Waals surface area contributed by atoms with Crippen molar-refractivity contribution < 1.29 is 4.79 Å². The first-order valence-electron chi connectivity index (χ1n) is 1.84. The number of rotatable bonds is 2. The smallest absolute Gasteiger partial charge is 0.144 e. The third kappa shape index (κ3) is 2.83. The Morgan fingerprint density at radius 2 is 2.00 bits per heavy atom. The first kappa shape index (κ1) is 7.73. The summed E-state index contributed by atoms with van der Waals surface area (Å²) in [6.45, 7) is 3.28. The third-order valence-electron chi connectivity index (χ3n) is 0.474. The average molecular weight is 151 g/mol. The highest BCUT2D eigenvalue weighted by Gasteiger charge is 1.90. The lowest BCUT2D eigenvalue weighted by molar-refractivity contribution is -0.104. The molecule has 0 saturated carbocycles. The van der Waals surface area contributed by atoms with Crippen LogP contribution in [-0.4, -0.2) is 6.29 Å². The summed E-state index contributed by atoms with van der Waals surface area (Å²) in [5, 5.41) is 0.362. The summed E-state index contributed by atoms with van der Waals surface area (Å²) in [5.74, 6) is 0. The van der Waals surface area contributed by atoms with Gasteiger partial charge in [0.2, 0.25) is 0 Å². The predicted molar refractivity (Wildman–Crippen MR) is 35.0 cm³/mol. The molecule has 1 nitrogen and oxygen atoms in total. The fourth-order valence-corrected chi connectivity index (χ4v) is 0.265. The standard InChI is InChI=1S/C5H4Cl2O/c1-4(6)5(7)2-3-8/h2-3H,1H2/b5-2-. The maximum Gasteiger partial charge on any atom is 0.144 e. The summed E-state index contributed by atoms with van der Waals surface area (Å²) < 4.78 is 0. The number of hydrogen-bond acceptors (Lipinski definition) is 1. The van der Waals surface area contributed by atoms with Crippen LogP contribution >= 0.6 is 23.2 Å². The highest BCUT2D eigenvalue weighted by Crippen LogP contribution is 2.14. The number of carbonyl (C=O) groups excluding carboxylic acids is 1. The molecule has 0 aromatic heterocycles. The Morgan fingerprint density at radius 3 is 2.12 bits per heavy atom. The van der Waals surface area contributed by atoms with Crippen molar-refractivity contribution in [3.63, 3.8) is 0 Å². The van der Waals surface area contributed by atoms with Gasteiger partial charge in [-0.25, -0.2) is 0 Å². The van der Waals surface area contributed by atoms with Gasteiger partial charge in [0, 0.05) is 0 Å². The number of allylic oxidation sites excluding steroid dienone is 3. The summed E-state index contributed by atoms with van der Waals surface area (Å²) in [5.41, 5.74) is 0. The van der Waals surface area contributed by atoms with Gasteiger partial charge in [-0.2, -0.15) is 0 Å². The molecule has 3 heteroatoms. The average Bonchev–Trinajstić information content (AvgIpc) is 1.67. The zero-order valence-electron chi connectivity index (χ0n) is 4.03. The van der Waals surface area contributed by atoms with E-state index in [1.54, 1.807) is 0 Å². The van der Waals surface area contributed by atoms with Crippen LogP contribution < -0.4 is 0 Å². The molecule has 0 heterocycles. The lowest BCUT2D eigenvalue weighted by Gasteiger charge is -1.85. The van der Waals surface area contributed by atoms with Crippen LogP contribution in [0.25, 0.3) is 0 Å². The highest BCUT2D eigenvalue weighted by molar-refractivity contribution is 6.44. The third-order valence-corrected chi connectivity index (χ3v) is 1.13. The van der Waals surface area contributed by atoms with E-state index in [0.29, 0.717) is 6.29 Å². The Bertz CT molecular complexity index is 137. The molecule has 0 aliphatic rings. The minimum atomic E-state index is 0.179. The van der Waals surface area contributed by atoms with Crippen LogP contribution in [0, 0.1) is 0 Å². The number of halogens is 2. The summed E-state index contributed by atoms with van der Waals surface area (Å²) in [6, 6.07) is 0. The van der Waals surface area contributed by atoms with Crippen molar-refractivity contribution in [2.45, 2.75) is 0 Å². The Balaban J connectivity index is 3.99. The topological polar surface area (TPSA) is 17.1 Å². The van der Waals surface area contributed by atoms with Gasteiger partial charge in [0.25, 0.3) is 0 Å². The van der Waals surface area contributed by atoms with E-state index in [2.05, 4.69) is 6.58 Å². The van der Waals surface area contributed by atoms with E-state index >= 15 is 0 Å². The van der Waals surface area contributed by atoms with E-state index in [-0.39, 0.29) is 10.1 Å². The normalized spacial score (nSPS) is 11.0. The number of aldehydes is 1. The van der Waals surface area contributed by atoms with Crippen molar-refractivity contribution in [1.82, 2.24) is 0 Å². The molecule has 0 rings (SSSR count). The lowest BCUT2D eigenvalue weighted by Crippen LogP contribution is -1.68. The van der Waals surface area contributed by atoms with Gasteiger partial charge >= 0.3 is 0 Å². The fourth-order valence-electron chi connectivity index (χ4n) is 0.150. The van der Waals surface area contributed by atoms with Crippen molar-refractivity contribution >= 4 is 29.5 Å². The summed E-state index contributed by atoms with van der Waals surface area (Å²) in [6.07, 6.45) is 1.69. The largest absolute Gasteiger partial charge is 0.299 e. The predicted octanol–water partition coefficient (Wildman–Crippen LogP) is 2.06. The Labute approximate surface area is 57.6 Å². The summed E-state index contributed by atoms with van der Waals surface area (Å²) in [4.78, 5) is 9.66. The van der Waals surface area contributed by atoms with E-state index in [0.717, 1.165) is 6.08 Å². The van der Waals surface area contributed by atoms with E-state index in [9.17, 15) is 4.79 Å². The van der Waals surface area contributed by atoms with Gasteiger partial charge in [0.05, 0.1) is 10.1 Å². The molecule has 8 heavy (non-hydrogen) atoms. The molecular weight excluding hydrogens is 147 g/mol. The monoisotopic (exact) mass is 150 g/mol. The molecule has 0 atom stereocenters. The minimum Gasteiger partial charge on any atom is -0.299 e. The summed E-state index contributed by atoms with van der Waals surface area (Å²) in [7, 11) is 0. The van der Waals surface area contributed by atoms with Crippen molar-refractivity contribution in [3.05, 3.63) is 22.7 Å². The SMILES string of the molecule is C=C(Cl)/C(Cl)=C/C=O. The van der Waals surface area contributed by atoms with Crippen molar-refractivity contribution in [2.75, 3.05) is 0 Å². The second-order valence-electron chi connectivity index (χ2n) is 1.06. The molecule has 0 aromatic rings. The summed E-state index contributed by atoms with van der Waals surface area (Å²) >= 11 is 10.6. The quantitative estimate of drug-likeness (QED) is 0.335. The molecule has 0 aliphatic heterocycles. The van der Waals surface area contributed by atoms with Gasteiger partial charge in [-0.05, 0) is 6.08 Å². The molecule has 0 bridgehead atoms. The first-order chi connectivity index (χ1) is 3.68. The van der Waals surface area contributed by atoms with Gasteiger partial charge in [-0.15, -0.1) is 0 Å². The van der Waals surface area contributed by atoms with Gasteiger partial charge in [-0.1, -0.05) is 29.8 Å². The molecule has 44 valence electrons. The van der Waals surface area contributed by atoms with Gasteiger partial charge in [0.1, 0.15) is 6.29 Å². The van der Waals surface area contributed by atoms with Crippen molar-refractivity contribution in [1.29, 1.82) is 0 Å². The molecule has 0 aliphatic carbocycles.